The van der Waals surface area contributed by atoms with E-state index in [2.05, 4.69) is 43.6 Å². The molecule has 0 bridgehead atoms. The van der Waals surface area contributed by atoms with Gasteiger partial charge in [0, 0.05) is 37.0 Å². The van der Waals surface area contributed by atoms with Crippen LogP contribution in [-0.4, -0.2) is 54.1 Å². The molecule has 0 heterocycles. The van der Waals surface area contributed by atoms with Gasteiger partial charge in [0.05, 0.1) is 0 Å². The summed E-state index contributed by atoms with van der Waals surface area (Å²) in [5.41, 5.74) is 0. The van der Waals surface area contributed by atoms with Gasteiger partial charge in [0.15, 0.2) is 0 Å². The highest BCUT2D eigenvalue weighted by Crippen LogP contribution is 2.12. The molecule has 0 aliphatic rings. The lowest BCUT2D eigenvalue weighted by molar-refractivity contribution is -0.140. The van der Waals surface area contributed by atoms with E-state index in [-0.39, 0.29) is 17.7 Å². The number of hydrogen-bond acceptors (Lipinski definition) is 5. The summed E-state index contributed by atoms with van der Waals surface area (Å²) in [6, 6.07) is 0.430. The molecule has 0 saturated carbocycles. The summed E-state index contributed by atoms with van der Waals surface area (Å²) in [6.45, 7) is 14.0. The average molecular weight is 386 g/mol. The van der Waals surface area contributed by atoms with Crippen LogP contribution < -0.4 is 16.0 Å². The normalized spacial score (nSPS) is 15.1. The van der Waals surface area contributed by atoms with Crippen molar-refractivity contribution in [2.75, 3.05) is 13.1 Å². The summed E-state index contributed by atoms with van der Waals surface area (Å²) in [7, 11) is 0. The number of carbonyl (C=O) groups excluding carboxylic acids is 1. The molecule has 0 aliphatic carbocycles. The van der Waals surface area contributed by atoms with E-state index in [1.807, 2.05) is 13.8 Å². The van der Waals surface area contributed by atoms with E-state index in [4.69, 9.17) is 0 Å². The van der Waals surface area contributed by atoms with Crippen molar-refractivity contribution in [3.8, 4) is 0 Å². The summed E-state index contributed by atoms with van der Waals surface area (Å²) in [5.74, 6) is -0.487. The summed E-state index contributed by atoms with van der Waals surface area (Å²) in [4.78, 5) is 23.6. The third-order valence-corrected chi connectivity index (χ3v) is 4.76. The van der Waals surface area contributed by atoms with Crippen LogP contribution in [0.1, 0.15) is 80.1 Å². The summed E-state index contributed by atoms with van der Waals surface area (Å²) in [5, 5.41) is 19.3. The van der Waals surface area contributed by atoms with Gasteiger partial charge in [-0.3, -0.25) is 9.59 Å². The molecule has 0 rings (SSSR count). The van der Waals surface area contributed by atoms with E-state index in [9.17, 15) is 14.7 Å². The molecule has 0 fully saturated rings. The van der Waals surface area contributed by atoms with Crippen LogP contribution in [0.2, 0.25) is 0 Å². The van der Waals surface area contributed by atoms with Gasteiger partial charge in [-0.1, -0.05) is 41.0 Å². The first-order valence-electron chi connectivity index (χ1n) is 10.6. The molecule has 0 aromatic carbocycles. The Morgan fingerprint density at radius 3 is 1.96 bits per heavy atom. The topological polar surface area (TPSA) is 90.5 Å². The zero-order valence-corrected chi connectivity index (χ0v) is 18.3. The summed E-state index contributed by atoms with van der Waals surface area (Å²) < 4.78 is 0. The van der Waals surface area contributed by atoms with Crippen molar-refractivity contribution in [1.29, 1.82) is 0 Å². The number of unbranched alkanes of at least 4 members (excludes halogenated alkanes) is 1. The first-order valence-corrected chi connectivity index (χ1v) is 10.6. The molecular weight excluding hydrogens is 342 g/mol. The van der Waals surface area contributed by atoms with Crippen molar-refractivity contribution in [2.45, 2.75) is 104 Å². The lowest BCUT2D eigenvalue weighted by Gasteiger charge is -2.21. The van der Waals surface area contributed by atoms with Crippen molar-refractivity contribution in [2.24, 2.45) is 5.92 Å². The van der Waals surface area contributed by atoms with Gasteiger partial charge in [-0.15, -0.1) is 0 Å². The third kappa shape index (κ3) is 14.7. The molecule has 0 aromatic heterocycles. The number of aliphatic carboxylic acids is 1. The molecule has 3 unspecified atom stereocenters. The van der Waals surface area contributed by atoms with Crippen LogP contribution in [0.25, 0.3) is 0 Å². The molecule has 0 aromatic rings. The van der Waals surface area contributed by atoms with Crippen molar-refractivity contribution in [3.05, 3.63) is 0 Å². The van der Waals surface area contributed by atoms with Crippen LogP contribution in [0.4, 0.5) is 0 Å². The van der Waals surface area contributed by atoms with Gasteiger partial charge in [0.2, 0.25) is 0 Å². The van der Waals surface area contributed by atoms with Gasteiger partial charge in [-0.2, -0.15) is 0 Å². The molecule has 6 heteroatoms. The average Bonchev–Trinajstić information content (AvgIpc) is 2.57. The maximum atomic E-state index is 12.2. The number of hydrogen-bond donors (Lipinski definition) is 4. The first-order chi connectivity index (χ1) is 12.6. The second kappa shape index (κ2) is 15.0. The zero-order valence-electron chi connectivity index (χ0n) is 18.3. The van der Waals surface area contributed by atoms with Gasteiger partial charge in [0.1, 0.15) is 11.8 Å². The molecule has 0 aliphatic heterocycles. The highest BCUT2D eigenvalue weighted by atomic mass is 16.4. The molecule has 27 heavy (non-hydrogen) atoms. The fourth-order valence-electron chi connectivity index (χ4n) is 2.96. The number of carboxylic acids is 1. The molecule has 0 radical (unpaired) electrons. The minimum atomic E-state index is -0.789. The first kappa shape index (κ1) is 26.0. The summed E-state index contributed by atoms with van der Waals surface area (Å²) >= 11 is 0. The smallest absolute Gasteiger partial charge is 0.320 e. The van der Waals surface area contributed by atoms with E-state index in [1.54, 1.807) is 0 Å². The summed E-state index contributed by atoms with van der Waals surface area (Å²) in [6.07, 6.45) is 4.66. The molecule has 4 N–H and O–H groups in total. The Kier molecular flexibility index (Phi) is 14.5. The Hall–Kier alpha value is -0.980. The lowest BCUT2D eigenvalue weighted by Crippen LogP contribution is -2.42. The highest BCUT2D eigenvalue weighted by molar-refractivity contribution is 5.80. The molecule has 0 amide bonds. The van der Waals surface area contributed by atoms with Gasteiger partial charge < -0.3 is 21.1 Å². The Bertz CT molecular complexity index is 413. The largest absolute Gasteiger partial charge is 0.480 e. The lowest BCUT2D eigenvalue weighted by atomic mass is 9.95. The van der Waals surface area contributed by atoms with Gasteiger partial charge in [0.25, 0.3) is 0 Å². The van der Waals surface area contributed by atoms with E-state index in [0.29, 0.717) is 24.9 Å². The van der Waals surface area contributed by atoms with E-state index >= 15 is 0 Å². The van der Waals surface area contributed by atoms with Crippen LogP contribution in [0, 0.1) is 5.92 Å². The number of carbonyl (C=O) groups is 2. The number of carboxylic acid groups (broad SMARTS) is 1. The zero-order chi connectivity index (χ0) is 20.8. The monoisotopic (exact) mass is 385 g/mol. The van der Waals surface area contributed by atoms with Gasteiger partial charge >= 0.3 is 5.97 Å². The van der Waals surface area contributed by atoms with Crippen molar-refractivity contribution in [3.63, 3.8) is 0 Å². The Morgan fingerprint density at radius 2 is 1.41 bits per heavy atom. The molecule has 160 valence electrons. The second-order valence-electron chi connectivity index (χ2n) is 8.37. The van der Waals surface area contributed by atoms with Crippen LogP contribution in [0.15, 0.2) is 0 Å². The molecule has 0 saturated heterocycles. The molecule has 3 atom stereocenters. The number of rotatable bonds is 17. The van der Waals surface area contributed by atoms with Gasteiger partial charge in [-0.05, 0) is 39.2 Å². The van der Waals surface area contributed by atoms with E-state index < -0.39 is 12.0 Å². The molecular formula is C21H43N3O3. The van der Waals surface area contributed by atoms with Crippen LogP contribution in [-0.2, 0) is 9.59 Å². The fraction of sp³-hybridized carbons (Fsp3) is 0.905. The Morgan fingerprint density at radius 1 is 0.815 bits per heavy atom. The third-order valence-electron chi connectivity index (χ3n) is 4.76. The number of ketones is 1. The van der Waals surface area contributed by atoms with E-state index in [0.717, 1.165) is 38.8 Å². The quantitative estimate of drug-likeness (QED) is 0.288. The standard InChI is InChI=1S/C21H43N3O3/c1-15(2)22-13-8-7-9-19(21(26)27)24-18(6)11-10-17(5)20(25)12-14-23-16(3)4/h15-19,22-24H,7-14H2,1-6H3,(H,26,27). The van der Waals surface area contributed by atoms with Crippen LogP contribution >= 0.6 is 0 Å². The Balaban J connectivity index is 4.09. The minimum Gasteiger partial charge on any atom is -0.480 e. The van der Waals surface area contributed by atoms with Gasteiger partial charge in [-0.25, -0.2) is 0 Å². The predicted molar refractivity (Wildman–Crippen MR) is 112 cm³/mol. The van der Waals surface area contributed by atoms with Crippen LogP contribution in [0.3, 0.4) is 0 Å². The predicted octanol–water partition coefficient (Wildman–Crippen LogP) is 2.96. The number of Topliss-reactive ketones (excluding diaryl/α,β-unsaturated/α-hetero) is 1. The Labute approximate surface area is 166 Å². The number of nitrogens with one attached hydrogen (secondary N) is 3. The van der Waals surface area contributed by atoms with Crippen molar-refractivity contribution < 1.29 is 14.7 Å². The maximum absolute atomic E-state index is 12.2. The van der Waals surface area contributed by atoms with Crippen molar-refractivity contribution >= 4 is 11.8 Å². The maximum Gasteiger partial charge on any atom is 0.320 e. The SMILES string of the molecule is CC(C)NCCCCC(NC(C)CCC(C)C(=O)CCNC(C)C)C(=O)O. The van der Waals surface area contributed by atoms with Crippen molar-refractivity contribution in [1.82, 2.24) is 16.0 Å². The van der Waals surface area contributed by atoms with Crippen LogP contribution in [0.5, 0.6) is 0 Å². The fourth-order valence-corrected chi connectivity index (χ4v) is 2.96. The highest BCUT2D eigenvalue weighted by Gasteiger charge is 2.20. The second-order valence-corrected chi connectivity index (χ2v) is 8.37. The minimum absolute atomic E-state index is 0.0219. The molecule has 6 nitrogen and oxygen atoms in total. The molecule has 0 spiro atoms. The van der Waals surface area contributed by atoms with E-state index in [1.165, 1.54) is 0 Å².